The first-order chi connectivity index (χ1) is 12.5. The van der Waals surface area contributed by atoms with E-state index in [1.165, 1.54) is 6.42 Å². The Bertz CT molecular complexity index is 540. The van der Waals surface area contributed by atoms with Gasteiger partial charge < -0.3 is 25.0 Å². The topological polar surface area (TPSA) is 58.1 Å². The second kappa shape index (κ2) is 14.8. The fraction of sp³-hybridized carbons (Fsp3) is 0.650. The van der Waals surface area contributed by atoms with E-state index in [4.69, 9.17) is 9.47 Å². The number of methoxy groups -OCH3 is 1. The Labute approximate surface area is 182 Å². The van der Waals surface area contributed by atoms with Crippen molar-refractivity contribution in [3.8, 4) is 11.5 Å². The molecule has 1 aromatic rings. The first-order valence-electron chi connectivity index (χ1n) is 9.41. The largest absolute Gasteiger partial charge is 0.497 e. The zero-order valence-electron chi connectivity index (χ0n) is 17.6. The van der Waals surface area contributed by atoms with Crippen LogP contribution in [0.3, 0.4) is 0 Å². The molecule has 0 aliphatic rings. The highest BCUT2D eigenvalue weighted by atomic mass is 127. The monoisotopic (exact) mass is 492 g/mol. The lowest BCUT2D eigenvalue weighted by Gasteiger charge is -2.21. The van der Waals surface area contributed by atoms with E-state index in [0.29, 0.717) is 12.6 Å². The number of unbranched alkanes of at least 4 members (excludes halogenated alkanes) is 1. The summed E-state index contributed by atoms with van der Waals surface area (Å²) in [4.78, 5) is 6.63. The molecule has 1 unspecified atom stereocenters. The van der Waals surface area contributed by atoms with Gasteiger partial charge in [0.05, 0.1) is 13.7 Å². The number of hydrogen-bond acceptors (Lipinski definition) is 4. The molecule has 0 aromatic heterocycles. The Morgan fingerprint density at radius 3 is 2.48 bits per heavy atom. The van der Waals surface area contributed by atoms with Crippen LogP contribution in [-0.2, 0) is 0 Å². The van der Waals surface area contributed by atoms with Gasteiger partial charge in [0.25, 0.3) is 0 Å². The highest BCUT2D eigenvalue weighted by molar-refractivity contribution is 14.0. The standard InChI is InChI=1S/C20H36N4O2.HI/c1-16(2)24(5)13-8-7-12-22-20(21-4)23-15-17(3)26-19-11-9-10-18(14-19)25-6;/h9-11,14,16-17H,7-8,12-13,15H2,1-6H3,(H2,21,22,23);1H. The summed E-state index contributed by atoms with van der Waals surface area (Å²) in [6.07, 6.45) is 2.31. The minimum absolute atomic E-state index is 0. The normalized spacial score (nSPS) is 12.5. The number of nitrogens with one attached hydrogen (secondary N) is 2. The Balaban J connectivity index is 0.00000676. The van der Waals surface area contributed by atoms with E-state index in [0.717, 1.165) is 37.0 Å². The predicted octanol–water partition coefficient (Wildman–Crippen LogP) is 3.37. The molecular weight excluding hydrogens is 455 g/mol. The average Bonchev–Trinajstić information content (AvgIpc) is 2.63. The third-order valence-electron chi connectivity index (χ3n) is 4.27. The van der Waals surface area contributed by atoms with Gasteiger partial charge in [-0.2, -0.15) is 0 Å². The van der Waals surface area contributed by atoms with E-state index in [2.05, 4.69) is 41.4 Å². The van der Waals surface area contributed by atoms with Gasteiger partial charge in [0.1, 0.15) is 17.6 Å². The number of halogens is 1. The lowest BCUT2D eigenvalue weighted by Crippen LogP contribution is -2.42. The zero-order valence-corrected chi connectivity index (χ0v) is 19.9. The quantitative estimate of drug-likeness (QED) is 0.215. The molecule has 0 spiro atoms. The van der Waals surface area contributed by atoms with Crippen molar-refractivity contribution >= 4 is 29.9 Å². The first kappa shape index (κ1) is 25.8. The lowest BCUT2D eigenvalue weighted by molar-refractivity contribution is 0.223. The molecule has 0 aliphatic carbocycles. The third-order valence-corrected chi connectivity index (χ3v) is 4.27. The van der Waals surface area contributed by atoms with Gasteiger partial charge in [0.2, 0.25) is 0 Å². The number of hydrogen-bond donors (Lipinski definition) is 2. The second-order valence-corrected chi connectivity index (χ2v) is 6.77. The van der Waals surface area contributed by atoms with Gasteiger partial charge >= 0.3 is 0 Å². The van der Waals surface area contributed by atoms with Gasteiger partial charge in [-0.3, -0.25) is 4.99 Å². The molecule has 0 bridgehead atoms. The number of rotatable bonds is 11. The smallest absolute Gasteiger partial charge is 0.191 e. The Kier molecular flexibility index (Phi) is 14.1. The van der Waals surface area contributed by atoms with Crippen molar-refractivity contribution in [2.75, 3.05) is 40.8 Å². The summed E-state index contributed by atoms with van der Waals surface area (Å²) in [7, 11) is 5.61. The summed E-state index contributed by atoms with van der Waals surface area (Å²) in [6, 6.07) is 8.24. The van der Waals surface area contributed by atoms with E-state index < -0.39 is 0 Å². The van der Waals surface area contributed by atoms with Crippen molar-refractivity contribution in [3.05, 3.63) is 24.3 Å². The van der Waals surface area contributed by atoms with Gasteiger partial charge in [-0.25, -0.2) is 0 Å². The van der Waals surface area contributed by atoms with Crippen LogP contribution in [0.4, 0.5) is 0 Å². The van der Waals surface area contributed by atoms with Crippen LogP contribution in [0.25, 0.3) is 0 Å². The molecule has 1 rings (SSSR count). The highest BCUT2D eigenvalue weighted by Crippen LogP contribution is 2.19. The second-order valence-electron chi connectivity index (χ2n) is 6.77. The van der Waals surface area contributed by atoms with Crippen molar-refractivity contribution in [2.45, 2.75) is 45.8 Å². The molecule has 0 amide bonds. The molecule has 7 heteroatoms. The summed E-state index contributed by atoms with van der Waals surface area (Å²) >= 11 is 0. The van der Waals surface area contributed by atoms with Gasteiger partial charge in [-0.1, -0.05) is 6.07 Å². The van der Waals surface area contributed by atoms with Crippen LogP contribution in [0.2, 0.25) is 0 Å². The van der Waals surface area contributed by atoms with Crippen molar-refractivity contribution < 1.29 is 9.47 Å². The van der Waals surface area contributed by atoms with E-state index >= 15 is 0 Å². The minimum Gasteiger partial charge on any atom is -0.497 e. The van der Waals surface area contributed by atoms with Crippen molar-refractivity contribution in [1.29, 1.82) is 0 Å². The van der Waals surface area contributed by atoms with Crippen LogP contribution < -0.4 is 20.1 Å². The van der Waals surface area contributed by atoms with Crippen molar-refractivity contribution in [1.82, 2.24) is 15.5 Å². The molecule has 0 fully saturated rings. The Morgan fingerprint density at radius 2 is 1.85 bits per heavy atom. The molecule has 2 N–H and O–H groups in total. The summed E-state index contributed by atoms with van der Waals surface area (Å²) in [6.45, 7) is 9.18. The maximum Gasteiger partial charge on any atom is 0.191 e. The molecule has 1 aromatic carbocycles. The molecule has 0 saturated heterocycles. The Morgan fingerprint density at radius 1 is 1.15 bits per heavy atom. The SMILES string of the molecule is CN=C(NCCCCN(C)C(C)C)NCC(C)Oc1cccc(OC)c1.I. The van der Waals surface area contributed by atoms with E-state index in [9.17, 15) is 0 Å². The molecular formula is C20H37IN4O2. The fourth-order valence-electron chi connectivity index (χ4n) is 2.36. The summed E-state index contributed by atoms with van der Waals surface area (Å²) in [5, 5.41) is 6.66. The van der Waals surface area contributed by atoms with E-state index in [-0.39, 0.29) is 30.1 Å². The molecule has 156 valence electrons. The number of aliphatic imine (C=N–C) groups is 1. The summed E-state index contributed by atoms with van der Waals surface area (Å²) < 4.78 is 11.1. The number of benzene rings is 1. The van der Waals surface area contributed by atoms with Crippen LogP contribution in [-0.4, -0.2) is 63.8 Å². The van der Waals surface area contributed by atoms with E-state index in [1.807, 2.05) is 31.2 Å². The van der Waals surface area contributed by atoms with Crippen molar-refractivity contribution in [2.24, 2.45) is 4.99 Å². The molecule has 0 saturated carbocycles. The molecule has 1 atom stereocenters. The third kappa shape index (κ3) is 11.3. The number of nitrogens with zero attached hydrogens (tertiary/aromatic N) is 2. The molecule has 0 heterocycles. The molecule has 0 aliphatic heterocycles. The van der Waals surface area contributed by atoms with Crippen LogP contribution in [0, 0.1) is 0 Å². The first-order valence-corrected chi connectivity index (χ1v) is 9.41. The van der Waals surface area contributed by atoms with Crippen LogP contribution in [0.15, 0.2) is 29.3 Å². The van der Waals surface area contributed by atoms with E-state index in [1.54, 1.807) is 14.2 Å². The predicted molar refractivity (Wildman–Crippen MR) is 125 cm³/mol. The van der Waals surface area contributed by atoms with Gasteiger partial charge in [0, 0.05) is 25.7 Å². The maximum absolute atomic E-state index is 5.91. The summed E-state index contributed by atoms with van der Waals surface area (Å²) in [5.41, 5.74) is 0. The molecule has 0 radical (unpaired) electrons. The van der Waals surface area contributed by atoms with Gasteiger partial charge in [-0.05, 0) is 59.3 Å². The zero-order chi connectivity index (χ0) is 19.4. The number of ether oxygens (including phenoxy) is 2. The number of guanidine groups is 1. The minimum atomic E-state index is 0. The highest BCUT2D eigenvalue weighted by Gasteiger charge is 2.07. The fourth-order valence-corrected chi connectivity index (χ4v) is 2.36. The summed E-state index contributed by atoms with van der Waals surface area (Å²) in [5.74, 6) is 2.41. The van der Waals surface area contributed by atoms with Crippen LogP contribution in [0.1, 0.15) is 33.6 Å². The van der Waals surface area contributed by atoms with Crippen LogP contribution >= 0.6 is 24.0 Å². The lowest BCUT2D eigenvalue weighted by atomic mass is 10.2. The molecule has 27 heavy (non-hydrogen) atoms. The maximum atomic E-state index is 5.91. The van der Waals surface area contributed by atoms with Crippen molar-refractivity contribution in [3.63, 3.8) is 0 Å². The van der Waals surface area contributed by atoms with Gasteiger partial charge in [-0.15, -0.1) is 24.0 Å². The van der Waals surface area contributed by atoms with Crippen LogP contribution in [0.5, 0.6) is 11.5 Å². The Hall–Kier alpha value is -1.22. The molecule has 6 nitrogen and oxygen atoms in total. The van der Waals surface area contributed by atoms with Gasteiger partial charge in [0.15, 0.2) is 5.96 Å². The average molecular weight is 492 g/mol.